The maximum absolute atomic E-state index is 13.0. The number of benzene rings is 1. The van der Waals surface area contributed by atoms with Crippen LogP contribution in [0.3, 0.4) is 0 Å². The summed E-state index contributed by atoms with van der Waals surface area (Å²) in [6.45, 7) is 10.7. The number of likely N-dealkylation sites (N-methyl/N-ethyl adjacent to an activating group) is 2. The molecule has 2 aliphatic rings. The van der Waals surface area contributed by atoms with Gasteiger partial charge in [-0.15, -0.1) is 0 Å². The fourth-order valence-corrected chi connectivity index (χ4v) is 3.94. The van der Waals surface area contributed by atoms with Gasteiger partial charge in [0.1, 0.15) is 0 Å². The first-order valence-corrected chi connectivity index (χ1v) is 10.8. The highest BCUT2D eigenvalue weighted by Gasteiger charge is 2.37. The van der Waals surface area contributed by atoms with E-state index in [1.807, 2.05) is 12.1 Å². The molecule has 0 bridgehead atoms. The Balaban J connectivity index is 1.99. The molecule has 0 aliphatic carbocycles. The number of amides is 2. The number of piperazine rings is 1. The van der Waals surface area contributed by atoms with Crippen molar-refractivity contribution in [2.24, 2.45) is 0 Å². The summed E-state index contributed by atoms with van der Waals surface area (Å²) in [5, 5.41) is 3.00. The number of hydrogen-bond acceptors (Lipinski definition) is 5. The summed E-state index contributed by atoms with van der Waals surface area (Å²) < 4.78 is 5.41. The normalized spacial score (nSPS) is 21.2. The van der Waals surface area contributed by atoms with E-state index in [2.05, 4.69) is 48.1 Å². The van der Waals surface area contributed by atoms with E-state index in [4.69, 9.17) is 4.74 Å². The zero-order chi connectivity index (χ0) is 21.8. The Morgan fingerprint density at radius 2 is 1.77 bits per heavy atom. The molecule has 2 amide bonds. The van der Waals surface area contributed by atoms with Crippen molar-refractivity contribution in [1.82, 2.24) is 20.0 Å². The van der Waals surface area contributed by atoms with E-state index >= 15 is 0 Å². The van der Waals surface area contributed by atoms with Crippen molar-refractivity contribution in [3.8, 4) is 0 Å². The molecule has 2 heterocycles. The van der Waals surface area contributed by atoms with Crippen LogP contribution in [0.1, 0.15) is 43.9 Å². The number of ether oxygens (including phenoxy) is 1. The zero-order valence-electron chi connectivity index (χ0n) is 18.8. The van der Waals surface area contributed by atoms with Crippen LogP contribution >= 0.6 is 0 Å². The van der Waals surface area contributed by atoms with Gasteiger partial charge in [-0.05, 0) is 31.0 Å². The summed E-state index contributed by atoms with van der Waals surface area (Å²) in [6, 6.07) is 7.40. The highest BCUT2D eigenvalue weighted by atomic mass is 16.5. The second kappa shape index (κ2) is 9.62. The molecule has 2 aliphatic heterocycles. The van der Waals surface area contributed by atoms with Crippen molar-refractivity contribution in [2.75, 3.05) is 53.4 Å². The minimum atomic E-state index is -0.517. The number of hydrogen-bond donors (Lipinski definition) is 1. The van der Waals surface area contributed by atoms with Gasteiger partial charge in [-0.2, -0.15) is 0 Å². The molecule has 1 saturated heterocycles. The molecule has 1 fully saturated rings. The molecule has 1 unspecified atom stereocenters. The lowest BCUT2D eigenvalue weighted by Gasteiger charge is -2.39. The lowest BCUT2D eigenvalue weighted by molar-refractivity contribution is -0.139. The van der Waals surface area contributed by atoms with Crippen LogP contribution < -0.4 is 5.32 Å². The zero-order valence-corrected chi connectivity index (χ0v) is 18.8. The number of nitrogens with zero attached hydrogens (tertiary/aromatic N) is 3. The van der Waals surface area contributed by atoms with Gasteiger partial charge >= 0.3 is 12.0 Å². The molecule has 1 aromatic rings. The van der Waals surface area contributed by atoms with Crippen molar-refractivity contribution in [3.63, 3.8) is 0 Å². The van der Waals surface area contributed by atoms with Gasteiger partial charge in [0, 0.05) is 45.5 Å². The molecule has 1 atom stereocenters. The molecule has 7 nitrogen and oxygen atoms in total. The fourth-order valence-electron chi connectivity index (χ4n) is 3.94. The smallest absolute Gasteiger partial charge is 0.338 e. The summed E-state index contributed by atoms with van der Waals surface area (Å²) in [4.78, 5) is 32.0. The number of nitrogens with one attached hydrogen (secondary N) is 1. The van der Waals surface area contributed by atoms with Gasteiger partial charge in [-0.3, -0.25) is 9.80 Å². The molecule has 3 rings (SSSR count). The Morgan fingerprint density at radius 3 is 2.33 bits per heavy atom. The van der Waals surface area contributed by atoms with Crippen molar-refractivity contribution in [2.45, 2.75) is 32.7 Å². The maximum atomic E-state index is 13.0. The third-order valence-electron chi connectivity index (χ3n) is 5.98. The number of esters is 1. The minimum Gasteiger partial charge on any atom is -0.463 e. The van der Waals surface area contributed by atoms with E-state index in [9.17, 15) is 9.59 Å². The Bertz CT molecular complexity index is 795. The monoisotopic (exact) mass is 414 g/mol. The molecular formula is C23H34N4O3. The van der Waals surface area contributed by atoms with Crippen LogP contribution in [-0.4, -0.2) is 80.1 Å². The van der Waals surface area contributed by atoms with Crippen LogP contribution in [0.5, 0.6) is 0 Å². The van der Waals surface area contributed by atoms with E-state index in [0.717, 1.165) is 37.4 Å². The van der Waals surface area contributed by atoms with Gasteiger partial charge in [0.2, 0.25) is 0 Å². The number of carbonyl (C=O) groups is 2. The summed E-state index contributed by atoms with van der Waals surface area (Å²) in [7, 11) is 3.83. The minimum absolute atomic E-state index is 0.204. The number of rotatable bonds is 6. The molecule has 30 heavy (non-hydrogen) atoms. The third-order valence-corrected chi connectivity index (χ3v) is 5.98. The van der Waals surface area contributed by atoms with E-state index in [1.54, 1.807) is 18.9 Å². The molecule has 164 valence electrons. The second-order valence-electron chi connectivity index (χ2n) is 8.42. The summed E-state index contributed by atoms with van der Waals surface area (Å²) >= 11 is 0. The first-order valence-electron chi connectivity index (χ1n) is 10.8. The van der Waals surface area contributed by atoms with Crippen LogP contribution in [0, 0.1) is 0 Å². The lowest BCUT2D eigenvalue weighted by atomic mass is 9.92. The Labute approximate surface area is 179 Å². The average molecular weight is 415 g/mol. The van der Waals surface area contributed by atoms with E-state index in [1.165, 1.54) is 5.56 Å². The van der Waals surface area contributed by atoms with Gasteiger partial charge < -0.3 is 15.0 Å². The van der Waals surface area contributed by atoms with Gasteiger partial charge in [0.05, 0.1) is 18.2 Å². The van der Waals surface area contributed by atoms with Gasteiger partial charge in [-0.1, -0.05) is 38.1 Å². The molecule has 1 N–H and O–H groups in total. The van der Waals surface area contributed by atoms with Gasteiger partial charge in [0.15, 0.2) is 0 Å². The molecule has 0 spiro atoms. The number of carbonyl (C=O) groups excluding carboxylic acids is 2. The van der Waals surface area contributed by atoms with Crippen LogP contribution in [0.25, 0.3) is 0 Å². The Hall–Kier alpha value is -2.38. The maximum Gasteiger partial charge on any atom is 0.338 e. The molecule has 0 aromatic heterocycles. The average Bonchev–Trinajstić information content (AvgIpc) is 2.73. The second-order valence-corrected chi connectivity index (χ2v) is 8.42. The molecule has 1 aromatic carbocycles. The van der Waals surface area contributed by atoms with Crippen molar-refractivity contribution in [3.05, 3.63) is 46.7 Å². The van der Waals surface area contributed by atoms with Crippen LogP contribution in [0.4, 0.5) is 4.79 Å². The highest BCUT2D eigenvalue weighted by molar-refractivity contribution is 5.95. The molecule has 7 heteroatoms. The van der Waals surface area contributed by atoms with Crippen molar-refractivity contribution < 1.29 is 14.3 Å². The Kier molecular flexibility index (Phi) is 7.15. The largest absolute Gasteiger partial charge is 0.463 e. The van der Waals surface area contributed by atoms with Crippen LogP contribution in [0.15, 0.2) is 35.5 Å². The molecule has 0 radical (unpaired) electrons. The first-order chi connectivity index (χ1) is 14.3. The van der Waals surface area contributed by atoms with E-state index in [-0.39, 0.29) is 12.0 Å². The van der Waals surface area contributed by atoms with Crippen LogP contribution in [0.2, 0.25) is 0 Å². The first kappa shape index (κ1) is 22.3. The van der Waals surface area contributed by atoms with Crippen molar-refractivity contribution in [1.29, 1.82) is 0 Å². The van der Waals surface area contributed by atoms with Crippen molar-refractivity contribution >= 4 is 12.0 Å². The molecule has 0 saturated carbocycles. The van der Waals surface area contributed by atoms with Gasteiger partial charge in [-0.25, -0.2) is 9.59 Å². The predicted molar refractivity (Wildman–Crippen MR) is 117 cm³/mol. The lowest BCUT2D eigenvalue weighted by Crippen LogP contribution is -2.51. The summed E-state index contributed by atoms with van der Waals surface area (Å²) in [5.41, 5.74) is 3.35. The van der Waals surface area contributed by atoms with Crippen LogP contribution in [-0.2, 0) is 9.53 Å². The quantitative estimate of drug-likeness (QED) is 0.725. The van der Waals surface area contributed by atoms with E-state index in [0.29, 0.717) is 24.6 Å². The van der Waals surface area contributed by atoms with E-state index < -0.39 is 6.04 Å². The van der Waals surface area contributed by atoms with Gasteiger partial charge in [0.25, 0.3) is 0 Å². The Morgan fingerprint density at radius 1 is 1.13 bits per heavy atom. The third kappa shape index (κ3) is 4.84. The number of urea groups is 1. The predicted octanol–water partition coefficient (Wildman–Crippen LogP) is 2.57. The molecular weight excluding hydrogens is 380 g/mol. The SMILES string of the molecule is CCOC(=O)C1=C(CN2CCN(C)CC2)N(C)C(=O)NC1c1ccc(C(C)C)cc1. The topological polar surface area (TPSA) is 65.1 Å². The summed E-state index contributed by atoms with van der Waals surface area (Å²) in [5.74, 6) is 0.0467. The summed E-state index contributed by atoms with van der Waals surface area (Å²) in [6.07, 6.45) is 0. The standard InChI is InChI=1S/C23H34N4O3/c1-6-30-22(28)20-19(15-27-13-11-25(4)12-14-27)26(5)23(29)24-21(20)18-9-7-17(8-10-18)16(2)3/h7-10,16,21H,6,11-15H2,1-5H3,(H,24,29). The fraction of sp³-hybridized carbons (Fsp3) is 0.565. The highest BCUT2D eigenvalue weighted by Crippen LogP contribution is 2.32.